The van der Waals surface area contributed by atoms with Gasteiger partial charge in [-0.05, 0) is 0 Å². The van der Waals surface area contributed by atoms with Crippen molar-refractivity contribution in [3.8, 4) is 0 Å². The molecule has 0 bridgehead atoms. The molecule has 53 heteroatoms. The standard InChI is InChI=1S/C24F52N/c25-1(26,9(41,42)17(57,58)59)5(33,34)13(49,50)21(69,70)77(22(71,72)14(51,52)6(35,36)2(27,28)10(43,44)18(60,61)62,23(73,74)15(53,54)7(37,38)3(29,30)11(45,46)19(63,64)65)24(75,76)16(55,56)8(39,40)4(31,32)12(47,48)20(66,67)68/q+1. The van der Waals surface area contributed by atoms with Crippen molar-refractivity contribution in [2.45, 2.75) is 144 Å². The molecule has 0 heterocycles. The molecular formula is C24F52N+. The van der Waals surface area contributed by atoms with Crippen LogP contribution in [0.25, 0.3) is 0 Å². The SMILES string of the molecule is FC(F)(F)C(F)(F)C(F)(F)C(F)(F)C(F)(F)C(F)(F)[N+](C(F)(F)C(F)(F)C(F)(F)C(F)(F)C(F)(F)C(F)(F)F)(C(F)(F)C(F)(F)C(F)(F)C(F)(F)C(F)(F)C(F)(F)F)C(F)(F)C(F)(F)C(F)(F)C(F)(F)C(F)(F)C(F)(F)F. The molecule has 0 fully saturated rings. The molecule has 77 heavy (non-hydrogen) atoms. The minimum atomic E-state index is -13.3. The maximum absolute atomic E-state index is 15.8. The highest BCUT2D eigenvalue weighted by Gasteiger charge is 3.14. The van der Waals surface area contributed by atoms with Crippen LogP contribution in [0.3, 0.4) is 0 Å². The summed E-state index contributed by atoms with van der Waals surface area (Å²) in [5.74, 6) is -180. The summed E-state index contributed by atoms with van der Waals surface area (Å²) >= 11 is 0. The average molecular weight is 1290 g/mol. The molecule has 0 amide bonds. The maximum atomic E-state index is 15.8. The lowest BCUT2D eigenvalue weighted by Gasteiger charge is -2.58. The Morgan fingerprint density at radius 1 is 0.104 bits per heavy atom. The van der Waals surface area contributed by atoms with Gasteiger partial charge in [0, 0.05) is 0 Å². The van der Waals surface area contributed by atoms with Gasteiger partial charge < -0.3 is 0 Å². The van der Waals surface area contributed by atoms with Crippen molar-refractivity contribution in [2.75, 3.05) is 0 Å². The smallest absolute Gasteiger partial charge is 0.192 e. The first-order valence-electron chi connectivity index (χ1n) is 15.7. The van der Waals surface area contributed by atoms with Crippen LogP contribution in [0.15, 0.2) is 0 Å². The van der Waals surface area contributed by atoms with E-state index in [-0.39, 0.29) is 0 Å². The van der Waals surface area contributed by atoms with Gasteiger partial charge in [0.2, 0.25) is 0 Å². The number of nitrogens with zero attached hydrogens (tertiary/aromatic N) is 1. The van der Waals surface area contributed by atoms with Crippen molar-refractivity contribution in [2.24, 2.45) is 0 Å². The topological polar surface area (TPSA) is 0 Å². The Balaban J connectivity index is 11.5. The number of quaternary nitrogens is 1. The van der Waals surface area contributed by atoms with E-state index < -0.39 is 148 Å². The Morgan fingerprint density at radius 3 is 0.260 bits per heavy atom. The second-order valence-electron chi connectivity index (χ2n) is 14.0. The van der Waals surface area contributed by atoms with Gasteiger partial charge in [-0.15, -0.1) is 35.1 Å². The van der Waals surface area contributed by atoms with Gasteiger partial charge in [-0.25, -0.2) is 0 Å². The summed E-state index contributed by atoms with van der Waals surface area (Å²) < 4.78 is 719. The molecule has 0 aliphatic rings. The molecule has 0 aromatic heterocycles. The summed E-state index contributed by atoms with van der Waals surface area (Å²) in [6.07, 6.45) is -37.7. The third kappa shape index (κ3) is 7.93. The fourth-order valence-electron chi connectivity index (χ4n) is 4.95. The number of hydrogen-bond acceptors (Lipinski definition) is 0. The van der Waals surface area contributed by atoms with E-state index in [1.807, 2.05) is 0 Å². The van der Waals surface area contributed by atoms with Gasteiger partial charge in [0.1, 0.15) is 0 Å². The van der Waals surface area contributed by atoms with Gasteiger partial charge in [0.05, 0.1) is 0 Å². The lowest BCUT2D eigenvalue weighted by atomic mass is 9.86. The molecular weight excluding hydrogens is 1290 g/mol. The van der Waals surface area contributed by atoms with Crippen molar-refractivity contribution >= 4 is 0 Å². The van der Waals surface area contributed by atoms with E-state index in [0.29, 0.717) is 0 Å². The molecule has 0 atom stereocenters. The lowest BCUT2D eigenvalue weighted by Crippen LogP contribution is -2.97. The van der Waals surface area contributed by atoms with Crippen LogP contribution in [-0.2, 0) is 0 Å². The highest BCUT2D eigenvalue weighted by atomic mass is 19.5. The minimum absolute atomic E-state index is 9.42. The van der Waals surface area contributed by atoms with Crippen molar-refractivity contribution in [1.29, 1.82) is 0 Å². The van der Waals surface area contributed by atoms with E-state index in [1.54, 1.807) is 0 Å². The molecule has 0 aliphatic heterocycles. The first-order chi connectivity index (χ1) is 32.0. The molecule has 464 valence electrons. The normalized spacial score (nSPS) is 17.6. The van der Waals surface area contributed by atoms with Crippen molar-refractivity contribution in [3.63, 3.8) is 0 Å². The van der Waals surface area contributed by atoms with Crippen LogP contribution >= 0.6 is 0 Å². The molecule has 0 radical (unpaired) electrons. The third-order valence-electron chi connectivity index (χ3n) is 9.35. The molecule has 0 aromatic rings. The predicted octanol–water partition coefficient (Wildman–Crippen LogP) is 16.6. The van der Waals surface area contributed by atoms with Crippen LogP contribution in [-0.4, -0.2) is 148 Å². The number of alkyl halides is 52. The first-order valence-corrected chi connectivity index (χ1v) is 15.7. The lowest BCUT2D eigenvalue weighted by molar-refractivity contribution is -1.21. The first kappa shape index (κ1) is 73.3. The van der Waals surface area contributed by atoms with Gasteiger partial charge in [-0.2, -0.15) is 193 Å². The highest BCUT2D eigenvalue weighted by molar-refractivity contribution is 5.18. The van der Waals surface area contributed by atoms with Gasteiger partial charge >= 0.3 is 144 Å². The van der Waals surface area contributed by atoms with Gasteiger partial charge in [0.25, 0.3) is 0 Å². The molecule has 0 rings (SSSR count). The third-order valence-corrected chi connectivity index (χ3v) is 9.35. The number of halogens is 52. The maximum Gasteiger partial charge on any atom is 0.476 e. The Morgan fingerprint density at radius 2 is 0.182 bits per heavy atom. The van der Waals surface area contributed by atoms with Crippen LogP contribution in [0.5, 0.6) is 0 Å². The van der Waals surface area contributed by atoms with E-state index in [1.165, 1.54) is 0 Å². The van der Waals surface area contributed by atoms with Crippen molar-refractivity contribution in [3.05, 3.63) is 0 Å². The van der Waals surface area contributed by atoms with Crippen molar-refractivity contribution in [1.82, 2.24) is 0 Å². The van der Waals surface area contributed by atoms with Crippen LogP contribution in [0, 0.1) is 0 Å². The molecule has 0 aliphatic carbocycles. The van der Waals surface area contributed by atoms with Crippen LogP contribution in [0.1, 0.15) is 0 Å². The largest absolute Gasteiger partial charge is 0.476 e. The summed E-state index contributed by atoms with van der Waals surface area (Å²) in [5, 5.41) is 0. The van der Waals surface area contributed by atoms with Crippen LogP contribution in [0.2, 0.25) is 0 Å². The summed E-state index contributed by atoms with van der Waals surface area (Å²) in [4.78, 5) is 0. The van der Waals surface area contributed by atoms with Crippen LogP contribution < -0.4 is 0 Å². The predicted molar refractivity (Wildman–Crippen MR) is 123 cm³/mol. The van der Waals surface area contributed by atoms with Crippen molar-refractivity contribution < 1.29 is 233 Å². The Bertz CT molecular complexity index is 1820. The molecule has 0 saturated heterocycles. The van der Waals surface area contributed by atoms with Gasteiger partial charge in [0.15, 0.2) is 0 Å². The van der Waals surface area contributed by atoms with Crippen LogP contribution in [0.4, 0.5) is 228 Å². The number of rotatable bonds is 20. The van der Waals surface area contributed by atoms with E-state index in [4.69, 9.17) is 0 Å². The zero-order valence-corrected chi connectivity index (χ0v) is 32.1. The summed E-state index contributed by atoms with van der Waals surface area (Å²) in [6, 6.07) is -53.4. The Labute approximate surface area is 378 Å². The highest BCUT2D eigenvalue weighted by Crippen LogP contribution is 2.77. The molecule has 0 N–H and O–H groups in total. The monoisotopic (exact) mass is 1290 g/mol. The second-order valence-corrected chi connectivity index (χ2v) is 14.0. The Hall–Kier alpha value is -3.68. The molecule has 0 spiro atoms. The molecule has 0 unspecified atom stereocenters. The molecule has 0 saturated carbocycles. The van der Waals surface area contributed by atoms with E-state index in [0.717, 1.165) is 0 Å². The fourth-order valence-corrected chi connectivity index (χ4v) is 4.95. The summed E-state index contributed by atoms with van der Waals surface area (Å²) in [5.41, 5.74) is 0. The quantitative estimate of drug-likeness (QED) is 0.0647. The Kier molecular flexibility index (Phi) is 16.4. The van der Waals surface area contributed by atoms with Gasteiger partial charge in [-0.3, -0.25) is 0 Å². The summed E-state index contributed by atoms with van der Waals surface area (Å²) in [6.45, 7) is 0. The fraction of sp³-hybridized carbons (Fsp3) is 1.00. The summed E-state index contributed by atoms with van der Waals surface area (Å²) in [7, 11) is 0. The average Bonchev–Trinajstić information content (AvgIpc) is 3.14. The molecule has 1 nitrogen and oxygen atoms in total. The zero-order chi connectivity index (χ0) is 64.5. The second kappa shape index (κ2) is 17.2. The van der Waals surface area contributed by atoms with E-state index in [2.05, 4.69) is 0 Å². The van der Waals surface area contributed by atoms with E-state index >= 15 is 70.2 Å². The number of hydrogen-bond donors (Lipinski definition) is 0. The van der Waals surface area contributed by atoms with Gasteiger partial charge in [-0.1, -0.05) is 4.48 Å². The zero-order valence-electron chi connectivity index (χ0n) is 32.1. The van der Waals surface area contributed by atoms with E-state index in [9.17, 15) is 158 Å². The minimum Gasteiger partial charge on any atom is -0.192 e. The molecule has 0 aromatic carbocycles.